The van der Waals surface area contributed by atoms with Crippen LogP contribution in [0.4, 0.5) is 5.69 Å². The highest BCUT2D eigenvalue weighted by molar-refractivity contribution is 5.78. The molecule has 19 heavy (non-hydrogen) atoms. The van der Waals surface area contributed by atoms with E-state index in [4.69, 9.17) is 0 Å². The van der Waals surface area contributed by atoms with Gasteiger partial charge in [-0.25, -0.2) is 9.97 Å². The first-order chi connectivity index (χ1) is 9.36. The Morgan fingerprint density at radius 2 is 1.95 bits per heavy atom. The number of hydrogen-bond donors (Lipinski definition) is 2. The zero-order valence-electron chi connectivity index (χ0n) is 10.6. The molecule has 2 heterocycles. The molecule has 0 atom stereocenters. The maximum atomic E-state index is 10.00. The fraction of sp³-hybridized carbons (Fsp3) is 0.286. The molecule has 0 amide bonds. The van der Waals surface area contributed by atoms with Gasteiger partial charge in [0, 0.05) is 31.7 Å². The van der Waals surface area contributed by atoms with Gasteiger partial charge in [0.05, 0.1) is 11.9 Å². The molecule has 3 rings (SSSR count). The Morgan fingerprint density at radius 1 is 1.16 bits per heavy atom. The number of piperazine rings is 1. The Bertz CT molecular complexity index is 567. The lowest BCUT2D eigenvalue weighted by molar-refractivity contribution is 0.477. The highest BCUT2D eigenvalue weighted by Crippen LogP contribution is 2.33. The summed E-state index contributed by atoms with van der Waals surface area (Å²) in [5, 5.41) is 13.3. The third-order valence-electron chi connectivity index (χ3n) is 3.31. The predicted molar refractivity (Wildman–Crippen MR) is 74.2 cm³/mol. The summed E-state index contributed by atoms with van der Waals surface area (Å²) in [6.07, 6.45) is 3.34. The molecule has 1 aliphatic rings. The van der Waals surface area contributed by atoms with Crippen molar-refractivity contribution >= 4 is 5.69 Å². The average molecular weight is 256 g/mol. The summed E-state index contributed by atoms with van der Waals surface area (Å²) in [5.74, 6) is 0.248. The standard InChI is InChI=1S/C14H16N4O/c19-13-4-2-1-3-11(13)14-12(9-16-10-17-14)18-7-5-15-6-8-18/h1-4,9-10,15,19H,5-8H2. The second kappa shape index (κ2) is 5.24. The smallest absolute Gasteiger partial charge is 0.125 e. The molecule has 0 spiro atoms. The molecule has 2 aromatic rings. The molecule has 5 heteroatoms. The molecule has 98 valence electrons. The summed E-state index contributed by atoms with van der Waals surface area (Å²) >= 11 is 0. The first-order valence-electron chi connectivity index (χ1n) is 6.40. The van der Waals surface area contributed by atoms with Crippen molar-refractivity contribution in [2.24, 2.45) is 0 Å². The summed E-state index contributed by atoms with van der Waals surface area (Å²) in [6.45, 7) is 3.76. The minimum Gasteiger partial charge on any atom is -0.507 e. The van der Waals surface area contributed by atoms with Crippen LogP contribution in [-0.4, -0.2) is 41.3 Å². The molecule has 5 nitrogen and oxygen atoms in total. The van der Waals surface area contributed by atoms with Crippen LogP contribution >= 0.6 is 0 Å². The zero-order chi connectivity index (χ0) is 13.1. The van der Waals surface area contributed by atoms with Crippen molar-refractivity contribution in [3.05, 3.63) is 36.8 Å². The number of anilines is 1. The van der Waals surface area contributed by atoms with Crippen LogP contribution in [-0.2, 0) is 0 Å². The van der Waals surface area contributed by atoms with Gasteiger partial charge in [0.1, 0.15) is 17.8 Å². The van der Waals surface area contributed by atoms with Crippen molar-refractivity contribution in [3.63, 3.8) is 0 Å². The van der Waals surface area contributed by atoms with E-state index < -0.39 is 0 Å². The summed E-state index contributed by atoms with van der Waals surface area (Å²) in [6, 6.07) is 7.27. The molecule has 1 saturated heterocycles. The van der Waals surface area contributed by atoms with Gasteiger partial charge in [0.25, 0.3) is 0 Å². The zero-order valence-corrected chi connectivity index (χ0v) is 10.6. The van der Waals surface area contributed by atoms with Crippen molar-refractivity contribution in [3.8, 4) is 17.0 Å². The maximum absolute atomic E-state index is 10.00. The van der Waals surface area contributed by atoms with E-state index in [1.54, 1.807) is 6.07 Å². The van der Waals surface area contributed by atoms with E-state index in [1.165, 1.54) is 6.33 Å². The van der Waals surface area contributed by atoms with Crippen molar-refractivity contribution < 1.29 is 5.11 Å². The van der Waals surface area contributed by atoms with E-state index in [1.807, 2.05) is 24.4 Å². The largest absolute Gasteiger partial charge is 0.507 e. The predicted octanol–water partition coefficient (Wildman–Crippen LogP) is 1.26. The van der Waals surface area contributed by atoms with Crippen LogP contribution in [0.15, 0.2) is 36.8 Å². The first kappa shape index (κ1) is 11.9. The van der Waals surface area contributed by atoms with Gasteiger partial charge in [-0.2, -0.15) is 0 Å². The summed E-state index contributed by atoms with van der Waals surface area (Å²) in [5.41, 5.74) is 2.51. The lowest BCUT2D eigenvalue weighted by atomic mass is 10.1. The van der Waals surface area contributed by atoms with Gasteiger partial charge in [-0.15, -0.1) is 0 Å². The van der Waals surface area contributed by atoms with E-state index in [0.717, 1.165) is 43.1 Å². The number of nitrogens with one attached hydrogen (secondary N) is 1. The van der Waals surface area contributed by atoms with Crippen molar-refractivity contribution in [2.75, 3.05) is 31.1 Å². The minimum atomic E-state index is 0.248. The third kappa shape index (κ3) is 2.37. The number of phenols is 1. The molecule has 1 aromatic carbocycles. The van der Waals surface area contributed by atoms with Gasteiger partial charge in [0.2, 0.25) is 0 Å². The number of nitrogens with zero attached hydrogens (tertiary/aromatic N) is 3. The Labute approximate surface area is 111 Å². The SMILES string of the molecule is Oc1ccccc1-c1ncncc1N1CCNCC1. The lowest BCUT2D eigenvalue weighted by Crippen LogP contribution is -2.43. The maximum Gasteiger partial charge on any atom is 0.125 e. The Hall–Kier alpha value is -2.14. The van der Waals surface area contributed by atoms with Gasteiger partial charge in [-0.05, 0) is 12.1 Å². The van der Waals surface area contributed by atoms with Crippen LogP contribution in [0, 0.1) is 0 Å². The van der Waals surface area contributed by atoms with E-state index in [2.05, 4.69) is 20.2 Å². The minimum absolute atomic E-state index is 0.248. The summed E-state index contributed by atoms with van der Waals surface area (Å²) in [7, 11) is 0. The highest BCUT2D eigenvalue weighted by atomic mass is 16.3. The Balaban J connectivity index is 2.04. The van der Waals surface area contributed by atoms with Gasteiger partial charge >= 0.3 is 0 Å². The highest BCUT2D eigenvalue weighted by Gasteiger charge is 2.17. The van der Waals surface area contributed by atoms with Gasteiger partial charge in [0.15, 0.2) is 0 Å². The normalized spacial score (nSPS) is 15.5. The fourth-order valence-electron chi connectivity index (χ4n) is 2.34. The number of benzene rings is 1. The van der Waals surface area contributed by atoms with Gasteiger partial charge in [-0.1, -0.05) is 12.1 Å². The molecule has 0 radical (unpaired) electrons. The monoisotopic (exact) mass is 256 g/mol. The lowest BCUT2D eigenvalue weighted by Gasteiger charge is -2.30. The van der Waals surface area contributed by atoms with Gasteiger partial charge in [-0.3, -0.25) is 0 Å². The molecular weight excluding hydrogens is 240 g/mol. The first-order valence-corrected chi connectivity index (χ1v) is 6.40. The van der Waals surface area contributed by atoms with E-state index in [0.29, 0.717) is 0 Å². The van der Waals surface area contributed by atoms with Crippen molar-refractivity contribution in [2.45, 2.75) is 0 Å². The van der Waals surface area contributed by atoms with Crippen LogP contribution in [0.1, 0.15) is 0 Å². The molecule has 0 bridgehead atoms. The number of phenolic OH excluding ortho intramolecular Hbond substituents is 1. The topological polar surface area (TPSA) is 61.3 Å². The van der Waals surface area contributed by atoms with Gasteiger partial charge < -0.3 is 15.3 Å². The quantitative estimate of drug-likeness (QED) is 0.847. The van der Waals surface area contributed by atoms with E-state index >= 15 is 0 Å². The number of aromatic nitrogens is 2. The van der Waals surface area contributed by atoms with E-state index in [9.17, 15) is 5.11 Å². The molecule has 0 unspecified atom stereocenters. The number of para-hydroxylation sites is 1. The van der Waals surface area contributed by atoms with Crippen molar-refractivity contribution in [1.82, 2.24) is 15.3 Å². The Morgan fingerprint density at radius 3 is 2.74 bits per heavy atom. The van der Waals surface area contributed by atoms with E-state index in [-0.39, 0.29) is 5.75 Å². The molecule has 1 aromatic heterocycles. The number of rotatable bonds is 2. The third-order valence-corrected chi connectivity index (χ3v) is 3.31. The number of hydrogen-bond acceptors (Lipinski definition) is 5. The molecule has 0 aliphatic carbocycles. The molecular formula is C14H16N4O. The second-order valence-electron chi connectivity index (χ2n) is 4.51. The summed E-state index contributed by atoms with van der Waals surface area (Å²) < 4.78 is 0. The Kier molecular flexibility index (Phi) is 3.29. The fourth-order valence-corrected chi connectivity index (χ4v) is 2.34. The average Bonchev–Trinajstić information content (AvgIpc) is 2.49. The molecule has 0 saturated carbocycles. The van der Waals surface area contributed by atoms with Crippen molar-refractivity contribution in [1.29, 1.82) is 0 Å². The number of aromatic hydroxyl groups is 1. The van der Waals surface area contributed by atoms with Crippen LogP contribution in [0.25, 0.3) is 11.3 Å². The van der Waals surface area contributed by atoms with Crippen LogP contribution in [0.3, 0.4) is 0 Å². The summed E-state index contributed by atoms with van der Waals surface area (Å²) in [4.78, 5) is 10.7. The molecule has 1 fully saturated rings. The van der Waals surface area contributed by atoms with Crippen LogP contribution in [0.5, 0.6) is 5.75 Å². The van der Waals surface area contributed by atoms with Crippen LogP contribution in [0.2, 0.25) is 0 Å². The molecule has 1 aliphatic heterocycles. The second-order valence-corrected chi connectivity index (χ2v) is 4.51. The molecule has 2 N–H and O–H groups in total. The van der Waals surface area contributed by atoms with Crippen LogP contribution < -0.4 is 10.2 Å².